The van der Waals surface area contributed by atoms with Crippen LogP contribution in [0.25, 0.3) is 28.3 Å². The van der Waals surface area contributed by atoms with Crippen LogP contribution >= 0.6 is 0 Å². The quantitative estimate of drug-likeness (QED) is 0.343. The third kappa shape index (κ3) is 5.17. The molecule has 2 N–H and O–H groups in total. The molecule has 36 heavy (non-hydrogen) atoms. The zero-order chi connectivity index (χ0) is 24.7. The van der Waals surface area contributed by atoms with E-state index >= 15 is 0 Å². The molecule has 0 atom stereocenters. The molecule has 178 valence electrons. The number of oxazole rings is 1. The monoisotopic (exact) mass is 479 g/mol. The van der Waals surface area contributed by atoms with Gasteiger partial charge in [0.15, 0.2) is 11.7 Å². The molecule has 0 aliphatic heterocycles. The fourth-order valence-corrected chi connectivity index (χ4v) is 3.57. The Balaban J connectivity index is 1.20. The summed E-state index contributed by atoms with van der Waals surface area (Å²) in [6.07, 6.45) is 1.81. The maximum absolute atomic E-state index is 12.4. The van der Waals surface area contributed by atoms with Gasteiger partial charge in [-0.15, -0.1) is 5.10 Å². The summed E-state index contributed by atoms with van der Waals surface area (Å²) in [4.78, 5) is 29.4. The summed E-state index contributed by atoms with van der Waals surface area (Å²) in [5.74, 6) is 0.276. The zero-order valence-corrected chi connectivity index (χ0v) is 19.0. The van der Waals surface area contributed by atoms with E-state index in [-0.39, 0.29) is 18.7 Å². The number of rotatable bonds is 7. The Labute approximate surface area is 206 Å². The van der Waals surface area contributed by atoms with Crippen molar-refractivity contribution in [2.45, 2.75) is 12.8 Å². The number of nitrogens with zero attached hydrogens (tertiary/aromatic N) is 5. The first-order valence-corrected chi connectivity index (χ1v) is 11.2. The van der Waals surface area contributed by atoms with Gasteiger partial charge in [0, 0.05) is 29.5 Å². The van der Waals surface area contributed by atoms with E-state index in [0.29, 0.717) is 22.9 Å². The first kappa shape index (κ1) is 22.7. The number of aromatic nitrogens is 5. The van der Waals surface area contributed by atoms with E-state index in [1.165, 1.54) is 11.0 Å². The molecule has 2 heterocycles. The van der Waals surface area contributed by atoms with E-state index in [1.54, 1.807) is 24.3 Å². The lowest BCUT2D eigenvalue weighted by atomic mass is 10.1. The first-order chi connectivity index (χ1) is 17.7. The number of nitrogens with one attached hydrogen (secondary N) is 2. The minimum Gasteiger partial charge on any atom is -0.440 e. The van der Waals surface area contributed by atoms with Crippen molar-refractivity contribution in [2.75, 3.05) is 0 Å². The van der Waals surface area contributed by atoms with Crippen LogP contribution in [0.5, 0.6) is 0 Å². The summed E-state index contributed by atoms with van der Waals surface area (Å²) >= 11 is 0. The highest BCUT2D eigenvalue weighted by Crippen LogP contribution is 2.32. The van der Waals surface area contributed by atoms with E-state index < -0.39 is 5.91 Å². The highest BCUT2D eigenvalue weighted by atomic mass is 16.4. The molecule has 0 unspecified atom stereocenters. The fraction of sp³-hybridized carbons (Fsp3) is 0.0769. The maximum Gasteiger partial charge on any atom is 0.269 e. The van der Waals surface area contributed by atoms with Gasteiger partial charge in [-0.1, -0.05) is 60.7 Å². The Morgan fingerprint density at radius 3 is 2.19 bits per heavy atom. The average Bonchev–Trinajstić information content (AvgIpc) is 3.63. The summed E-state index contributed by atoms with van der Waals surface area (Å²) in [6, 6.07) is 26.1. The van der Waals surface area contributed by atoms with Gasteiger partial charge in [-0.3, -0.25) is 20.4 Å². The normalized spacial score (nSPS) is 10.7. The first-order valence-electron chi connectivity index (χ1n) is 11.2. The second kappa shape index (κ2) is 10.4. The van der Waals surface area contributed by atoms with E-state index in [2.05, 4.69) is 31.4 Å². The second-order valence-electron chi connectivity index (χ2n) is 7.82. The molecular formula is C26H21N7O3. The van der Waals surface area contributed by atoms with Crippen LogP contribution in [0.3, 0.4) is 0 Å². The molecule has 0 saturated heterocycles. The molecule has 0 bridgehead atoms. The number of carbonyl (C=O) groups is 2. The molecule has 3 aromatic carbocycles. The van der Waals surface area contributed by atoms with Gasteiger partial charge in [-0.25, -0.2) is 9.67 Å². The smallest absolute Gasteiger partial charge is 0.269 e. The summed E-state index contributed by atoms with van der Waals surface area (Å²) in [5, 5.41) is 10.9. The summed E-state index contributed by atoms with van der Waals surface area (Å²) < 4.78 is 7.52. The van der Waals surface area contributed by atoms with Crippen LogP contribution in [0.4, 0.5) is 0 Å². The van der Waals surface area contributed by atoms with Crippen molar-refractivity contribution in [3.63, 3.8) is 0 Å². The van der Waals surface area contributed by atoms with Gasteiger partial charge in [0.2, 0.25) is 5.91 Å². The van der Waals surface area contributed by atoms with Crippen LogP contribution in [0.15, 0.2) is 95.7 Å². The number of tetrazole rings is 1. The maximum atomic E-state index is 12.4. The standard InChI is InChI=1S/C26H21N7O3/c34-22(29-30-26(35)20-11-13-21(14-12-20)33-17-27-31-32-33)15-16-23-28-24(18-7-3-1-4-8-18)25(36-23)19-9-5-2-6-10-19/h1-14,17H,15-16H2,(H,29,34)(H,30,35). The van der Waals surface area contributed by atoms with E-state index in [1.807, 2.05) is 60.7 Å². The molecule has 0 saturated carbocycles. The summed E-state index contributed by atoms with van der Waals surface area (Å²) in [7, 11) is 0. The topological polar surface area (TPSA) is 128 Å². The van der Waals surface area contributed by atoms with Crippen molar-refractivity contribution in [3.05, 3.63) is 103 Å². The number of aryl methyl sites for hydroxylation is 1. The molecule has 2 aromatic heterocycles. The Kier molecular flexibility index (Phi) is 6.57. The minimum absolute atomic E-state index is 0.0848. The Hall–Kier alpha value is -5.12. The number of hydrogen-bond donors (Lipinski definition) is 2. The molecule has 10 nitrogen and oxygen atoms in total. The predicted octanol–water partition coefficient (Wildman–Crippen LogP) is 3.38. The number of hydrogen-bond acceptors (Lipinski definition) is 7. The molecule has 0 radical (unpaired) electrons. The minimum atomic E-state index is -0.444. The van der Waals surface area contributed by atoms with Gasteiger partial charge in [-0.05, 0) is 34.7 Å². The molecule has 10 heteroatoms. The number of carbonyl (C=O) groups excluding carboxylic acids is 2. The van der Waals surface area contributed by atoms with Gasteiger partial charge >= 0.3 is 0 Å². The van der Waals surface area contributed by atoms with Gasteiger partial charge in [0.1, 0.15) is 12.0 Å². The molecule has 0 spiro atoms. The van der Waals surface area contributed by atoms with Crippen LogP contribution in [0.2, 0.25) is 0 Å². The van der Waals surface area contributed by atoms with Crippen LogP contribution < -0.4 is 10.9 Å². The summed E-state index contributed by atoms with van der Waals surface area (Å²) in [6.45, 7) is 0. The molecule has 0 aliphatic carbocycles. The molecule has 0 fully saturated rings. The predicted molar refractivity (Wildman–Crippen MR) is 130 cm³/mol. The lowest BCUT2D eigenvalue weighted by Gasteiger charge is -2.07. The van der Waals surface area contributed by atoms with Gasteiger partial charge < -0.3 is 4.42 Å². The lowest BCUT2D eigenvalue weighted by molar-refractivity contribution is -0.121. The molecule has 5 rings (SSSR count). The SMILES string of the molecule is O=C(CCc1nc(-c2ccccc2)c(-c2ccccc2)o1)NNC(=O)c1ccc(-n2cnnn2)cc1. The van der Waals surface area contributed by atoms with Crippen molar-refractivity contribution >= 4 is 11.8 Å². The van der Waals surface area contributed by atoms with E-state index in [9.17, 15) is 9.59 Å². The highest BCUT2D eigenvalue weighted by Gasteiger charge is 2.17. The Morgan fingerprint density at radius 2 is 1.53 bits per heavy atom. The van der Waals surface area contributed by atoms with Crippen molar-refractivity contribution < 1.29 is 14.0 Å². The number of benzene rings is 3. The second-order valence-corrected chi connectivity index (χ2v) is 7.82. The lowest BCUT2D eigenvalue weighted by Crippen LogP contribution is -2.41. The average molecular weight is 480 g/mol. The van der Waals surface area contributed by atoms with Crippen molar-refractivity contribution in [3.8, 4) is 28.3 Å². The number of amides is 2. The Bertz CT molecular complexity index is 1390. The van der Waals surface area contributed by atoms with Crippen LogP contribution in [0, 0.1) is 0 Å². The van der Waals surface area contributed by atoms with Gasteiger partial charge in [0.05, 0.1) is 5.69 Å². The van der Waals surface area contributed by atoms with E-state index in [0.717, 1.165) is 16.8 Å². The number of hydrazine groups is 1. The van der Waals surface area contributed by atoms with Crippen LogP contribution in [-0.2, 0) is 11.2 Å². The van der Waals surface area contributed by atoms with Crippen LogP contribution in [0.1, 0.15) is 22.7 Å². The van der Waals surface area contributed by atoms with Gasteiger partial charge in [0.25, 0.3) is 5.91 Å². The van der Waals surface area contributed by atoms with Crippen molar-refractivity contribution in [1.29, 1.82) is 0 Å². The van der Waals surface area contributed by atoms with Crippen molar-refractivity contribution in [2.24, 2.45) is 0 Å². The highest BCUT2D eigenvalue weighted by molar-refractivity contribution is 5.95. The molecular weight excluding hydrogens is 458 g/mol. The molecule has 0 aliphatic rings. The van der Waals surface area contributed by atoms with Gasteiger partial charge in [-0.2, -0.15) is 0 Å². The van der Waals surface area contributed by atoms with E-state index in [4.69, 9.17) is 4.42 Å². The van der Waals surface area contributed by atoms with Crippen LogP contribution in [-0.4, -0.2) is 37.0 Å². The Morgan fingerprint density at radius 1 is 0.833 bits per heavy atom. The third-order valence-corrected chi connectivity index (χ3v) is 5.38. The molecule has 5 aromatic rings. The fourth-order valence-electron chi connectivity index (χ4n) is 3.57. The zero-order valence-electron chi connectivity index (χ0n) is 19.0. The summed E-state index contributed by atoms with van der Waals surface area (Å²) in [5.41, 5.74) is 8.48. The molecule has 2 amide bonds. The third-order valence-electron chi connectivity index (χ3n) is 5.38. The van der Waals surface area contributed by atoms with Crippen molar-refractivity contribution in [1.82, 2.24) is 36.0 Å². The largest absolute Gasteiger partial charge is 0.440 e.